The van der Waals surface area contributed by atoms with Crippen molar-refractivity contribution < 1.29 is 19.9 Å². The normalized spacial score (nSPS) is 0. The molecule has 0 aliphatic carbocycles. The Balaban J connectivity index is 0. The molecule has 0 fully saturated rings. The van der Waals surface area contributed by atoms with Crippen molar-refractivity contribution in [3.63, 3.8) is 0 Å². The summed E-state index contributed by atoms with van der Waals surface area (Å²) in [5, 5.41) is 0. The van der Waals surface area contributed by atoms with Crippen molar-refractivity contribution in [3.8, 4) is 0 Å². The van der Waals surface area contributed by atoms with Crippen LogP contribution in [0.5, 0.6) is 0 Å². The van der Waals surface area contributed by atoms with Gasteiger partial charge in [-0.05, 0) is 0 Å². The quantitative estimate of drug-likeness (QED) is 0.470. The molecule has 0 rings (SSSR count). The van der Waals surface area contributed by atoms with Crippen LogP contribution in [0, 0.1) is 0 Å². The second-order valence-electron chi connectivity index (χ2n) is 0. The molecule has 4 heteroatoms. The van der Waals surface area contributed by atoms with Crippen molar-refractivity contribution in [2.24, 2.45) is 0 Å². The molecule has 0 aliphatic rings. The second-order valence-corrected chi connectivity index (χ2v) is 0. The van der Waals surface area contributed by atoms with E-state index >= 15 is 0 Å². The third-order valence-electron chi connectivity index (χ3n) is 0. The van der Waals surface area contributed by atoms with Gasteiger partial charge in [0.1, 0.15) is 0 Å². The molecular formula is H4CaCl2Fe. The predicted octanol–water partition coefficient (Wildman–Crippen LogP) is 0.685. The van der Waals surface area contributed by atoms with Crippen LogP contribution in [0.25, 0.3) is 0 Å². The molecule has 0 saturated heterocycles. The molecule has 4 heavy (non-hydrogen) atoms. The van der Waals surface area contributed by atoms with Gasteiger partial charge >= 0.3 is 37.7 Å². The van der Waals surface area contributed by atoms with Gasteiger partial charge in [-0.15, -0.1) is 24.8 Å². The van der Waals surface area contributed by atoms with Gasteiger partial charge in [-0.25, -0.2) is 0 Å². The summed E-state index contributed by atoms with van der Waals surface area (Å²) in [5.74, 6) is 0. The third kappa shape index (κ3) is 8.84. The average Bonchev–Trinajstić information content (AvgIpc) is 0. The number of hydrogen-bond donors (Lipinski definition) is 0. The molecule has 0 aromatic rings. The zero-order valence-electron chi connectivity index (χ0n) is 3.88. The van der Waals surface area contributed by atoms with Crippen LogP contribution in [0.15, 0.2) is 0 Å². The van der Waals surface area contributed by atoms with E-state index in [-0.39, 0.29) is 82.5 Å². The van der Waals surface area contributed by atoms with Crippen LogP contribution in [-0.4, -0.2) is 37.7 Å². The van der Waals surface area contributed by atoms with E-state index in [1.165, 1.54) is 0 Å². The molecule has 0 spiro atoms. The van der Waals surface area contributed by atoms with Crippen molar-refractivity contribution in [1.29, 1.82) is 0 Å². The van der Waals surface area contributed by atoms with Crippen molar-refractivity contribution in [2.75, 3.05) is 0 Å². The SMILES string of the molecule is Cl.Cl.[Ca+2].[Fe].[H-].[H-]. The van der Waals surface area contributed by atoms with E-state index in [4.69, 9.17) is 0 Å². The molecule has 0 nitrogen and oxygen atoms in total. The number of halogens is 2. The van der Waals surface area contributed by atoms with Crippen molar-refractivity contribution in [3.05, 3.63) is 0 Å². The molecule has 0 aromatic carbocycles. The van der Waals surface area contributed by atoms with E-state index in [2.05, 4.69) is 0 Å². The van der Waals surface area contributed by atoms with E-state index in [1.807, 2.05) is 0 Å². The van der Waals surface area contributed by atoms with E-state index in [0.29, 0.717) is 0 Å². The summed E-state index contributed by atoms with van der Waals surface area (Å²) >= 11 is 0. The Labute approximate surface area is 81.4 Å². The monoisotopic (exact) mass is 170 g/mol. The Bertz CT molecular complexity index is 11.5. The molecule has 0 aliphatic heterocycles. The minimum absolute atomic E-state index is 0. The Hall–Kier alpha value is 2.36. The summed E-state index contributed by atoms with van der Waals surface area (Å²) < 4.78 is 0. The van der Waals surface area contributed by atoms with Gasteiger partial charge < -0.3 is 2.85 Å². The summed E-state index contributed by atoms with van der Waals surface area (Å²) in [7, 11) is 0. The van der Waals surface area contributed by atoms with Gasteiger partial charge in [-0.1, -0.05) is 0 Å². The van der Waals surface area contributed by atoms with E-state index in [0.717, 1.165) is 0 Å². The van der Waals surface area contributed by atoms with E-state index in [9.17, 15) is 0 Å². The second kappa shape index (κ2) is 18.3. The molecule has 0 unspecified atom stereocenters. The first-order chi connectivity index (χ1) is 0. The number of hydrogen-bond acceptors (Lipinski definition) is 0. The van der Waals surface area contributed by atoms with Gasteiger partial charge in [-0.2, -0.15) is 0 Å². The summed E-state index contributed by atoms with van der Waals surface area (Å²) in [4.78, 5) is 0. The molecule has 0 radical (unpaired) electrons. The first-order valence-corrected chi connectivity index (χ1v) is 0. The molecule has 0 amide bonds. The Morgan fingerprint density at radius 1 is 1.00 bits per heavy atom. The van der Waals surface area contributed by atoms with Crippen LogP contribution >= 0.6 is 24.8 Å². The molecule has 0 bridgehead atoms. The van der Waals surface area contributed by atoms with Crippen LogP contribution < -0.4 is 0 Å². The minimum Gasteiger partial charge on any atom is -1.00 e. The van der Waals surface area contributed by atoms with Gasteiger partial charge in [0.25, 0.3) is 0 Å². The van der Waals surface area contributed by atoms with Gasteiger partial charge in [0, 0.05) is 17.1 Å². The van der Waals surface area contributed by atoms with Crippen molar-refractivity contribution in [1.82, 2.24) is 0 Å². The largest absolute Gasteiger partial charge is 2.00 e. The Kier molecular flexibility index (Phi) is 150. The van der Waals surface area contributed by atoms with Gasteiger partial charge in [0.05, 0.1) is 0 Å². The van der Waals surface area contributed by atoms with Crippen molar-refractivity contribution >= 4 is 62.6 Å². The molecule has 0 heterocycles. The molecule has 0 saturated carbocycles. The Morgan fingerprint density at radius 3 is 1.00 bits per heavy atom. The topological polar surface area (TPSA) is 0 Å². The van der Waals surface area contributed by atoms with E-state index in [1.54, 1.807) is 0 Å². The van der Waals surface area contributed by atoms with Crippen LogP contribution in [0.2, 0.25) is 0 Å². The summed E-state index contributed by atoms with van der Waals surface area (Å²) in [6, 6.07) is 0. The van der Waals surface area contributed by atoms with Crippen LogP contribution in [0.1, 0.15) is 2.85 Å². The van der Waals surface area contributed by atoms with Crippen molar-refractivity contribution in [2.45, 2.75) is 0 Å². The fourth-order valence-corrected chi connectivity index (χ4v) is 0. The number of rotatable bonds is 0. The summed E-state index contributed by atoms with van der Waals surface area (Å²) in [6.45, 7) is 0. The summed E-state index contributed by atoms with van der Waals surface area (Å²) in [5.41, 5.74) is 0. The zero-order valence-corrected chi connectivity index (χ0v) is 6.82. The zero-order chi connectivity index (χ0) is 0. The van der Waals surface area contributed by atoms with Gasteiger partial charge in [0.2, 0.25) is 0 Å². The molecular weight excluding hydrogens is 167 g/mol. The smallest absolute Gasteiger partial charge is 1.00 e. The maximum absolute atomic E-state index is 0. The van der Waals surface area contributed by atoms with Crippen LogP contribution in [-0.2, 0) is 17.1 Å². The van der Waals surface area contributed by atoms with Gasteiger partial charge in [0.15, 0.2) is 0 Å². The fraction of sp³-hybridized carbons (Fsp3) is 0. The third-order valence-corrected chi connectivity index (χ3v) is 0. The molecule has 0 aromatic heterocycles. The van der Waals surface area contributed by atoms with Gasteiger partial charge in [-0.3, -0.25) is 0 Å². The van der Waals surface area contributed by atoms with E-state index < -0.39 is 0 Å². The molecule has 0 N–H and O–H groups in total. The minimum atomic E-state index is 0. The fourth-order valence-electron chi connectivity index (χ4n) is 0. The standard InChI is InChI=1S/Ca.2ClH.Fe.2H/h;2*1H;;;/q+2;;;;2*-1. The van der Waals surface area contributed by atoms with Crippen LogP contribution in [0.4, 0.5) is 0 Å². The maximum Gasteiger partial charge on any atom is 2.00 e. The predicted molar refractivity (Wildman–Crippen MR) is 22.5 cm³/mol. The van der Waals surface area contributed by atoms with Crippen LogP contribution in [0.3, 0.4) is 0 Å². The summed E-state index contributed by atoms with van der Waals surface area (Å²) in [6.07, 6.45) is 0. The maximum atomic E-state index is 0. The first kappa shape index (κ1) is 32.8. The Morgan fingerprint density at radius 2 is 1.00 bits per heavy atom. The first-order valence-electron chi connectivity index (χ1n) is 0. The molecule has 0 atom stereocenters. The molecule has 28 valence electrons. The average molecular weight is 171 g/mol.